The number of nitrogens with one attached hydrogen (secondary N) is 1. The quantitative estimate of drug-likeness (QED) is 0.809. The fourth-order valence-corrected chi connectivity index (χ4v) is 1.85. The summed E-state index contributed by atoms with van der Waals surface area (Å²) in [5.41, 5.74) is 0.860. The Morgan fingerprint density at radius 3 is 2.32 bits per heavy atom. The lowest BCUT2D eigenvalue weighted by Crippen LogP contribution is -2.24. The molecule has 0 aromatic heterocycles. The zero-order chi connectivity index (χ0) is 14.3. The average molecular weight is 275 g/mol. The summed E-state index contributed by atoms with van der Waals surface area (Å²) < 4.78 is 42.0. The molecule has 108 valence electrons. The van der Waals surface area contributed by atoms with Gasteiger partial charge in [0.1, 0.15) is 5.75 Å². The molecule has 1 unspecified atom stereocenters. The molecule has 1 N–H and O–H groups in total. The standard InChI is InChI=1S/C14H20F3NO/c1-3-10-18-13(8-9-14(15,16)17)11-4-6-12(19-2)7-5-11/h4-7,13,18H,3,8-10H2,1-2H3. The minimum Gasteiger partial charge on any atom is -0.497 e. The van der Waals surface area contributed by atoms with Gasteiger partial charge in [-0.25, -0.2) is 0 Å². The van der Waals surface area contributed by atoms with E-state index < -0.39 is 12.6 Å². The first-order chi connectivity index (χ1) is 8.96. The van der Waals surface area contributed by atoms with Crippen molar-refractivity contribution in [2.45, 2.75) is 38.4 Å². The third-order valence-corrected chi connectivity index (χ3v) is 2.88. The van der Waals surface area contributed by atoms with Crippen molar-refractivity contribution >= 4 is 0 Å². The highest BCUT2D eigenvalue weighted by Gasteiger charge is 2.28. The molecular formula is C14H20F3NO. The minimum atomic E-state index is -4.11. The molecule has 0 saturated carbocycles. The number of halogens is 3. The lowest BCUT2D eigenvalue weighted by atomic mass is 10.0. The Labute approximate surface area is 112 Å². The van der Waals surface area contributed by atoms with Crippen molar-refractivity contribution in [2.24, 2.45) is 0 Å². The minimum absolute atomic E-state index is 0.0514. The molecule has 0 bridgehead atoms. The highest BCUT2D eigenvalue weighted by molar-refractivity contribution is 5.29. The third kappa shape index (κ3) is 5.96. The Morgan fingerprint density at radius 1 is 1.21 bits per heavy atom. The molecule has 2 nitrogen and oxygen atoms in total. The normalized spacial score (nSPS) is 13.3. The van der Waals surface area contributed by atoms with Crippen LogP contribution in [0.1, 0.15) is 37.8 Å². The van der Waals surface area contributed by atoms with Crippen molar-refractivity contribution in [1.29, 1.82) is 0 Å². The molecule has 1 aromatic carbocycles. The van der Waals surface area contributed by atoms with E-state index in [0.717, 1.165) is 12.0 Å². The van der Waals surface area contributed by atoms with Gasteiger partial charge in [-0.05, 0) is 37.1 Å². The van der Waals surface area contributed by atoms with E-state index >= 15 is 0 Å². The Balaban J connectivity index is 2.70. The van der Waals surface area contributed by atoms with Crippen LogP contribution in [0.5, 0.6) is 5.75 Å². The topological polar surface area (TPSA) is 21.3 Å². The van der Waals surface area contributed by atoms with Gasteiger partial charge in [-0.15, -0.1) is 0 Å². The third-order valence-electron chi connectivity index (χ3n) is 2.88. The zero-order valence-corrected chi connectivity index (χ0v) is 11.3. The largest absolute Gasteiger partial charge is 0.497 e. The Morgan fingerprint density at radius 2 is 1.84 bits per heavy atom. The molecule has 19 heavy (non-hydrogen) atoms. The molecule has 0 spiro atoms. The summed E-state index contributed by atoms with van der Waals surface area (Å²) in [6, 6.07) is 6.88. The first kappa shape index (κ1) is 15.8. The van der Waals surface area contributed by atoms with Gasteiger partial charge in [-0.2, -0.15) is 13.2 Å². The van der Waals surface area contributed by atoms with Crippen LogP contribution < -0.4 is 10.1 Å². The van der Waals surface area contributed by atoms with Gasteiger partial charge in [0.15, 0.2) is 0 Å². The van der Waals surface area contributed by atoms with E-state index in [9.17, 15) is 13.2 Å². The summed E-state index contributed by atoms with van der Waals surface area (Å²) in [6.07, 6.45) is -3.95. The fraction of sp³-hybridized carbons (Fsp3) is 0.571. The van der Waals surface area contributed by atoms with Crippen molar-refractivity contribution in [2.75, 3.05) is 13.7 Å². The monoisotopic (exact) mass is 275 g/mol. The van der Waals surface area contributed by atoms with Crippen LogP contribution in [0.3, 0.4) is 0 Å². The molecule has 0 radical (unpaired) electrons. The number of methoxy groups -OCH3 is 1. The number of hydrogen-bond acceptors (Lipinski definition) is 2. The first-order valence-electron chi connectivity index (χ1n) is 6.40. The van der Waals surface area contributed by atoms with E-state index in [0.29, 0.717) is 12.3 Å². The van der Waals surface area contributed by atoms with Gasteiger partial charge < -0.3 is 10.1 Å². The van der Waals surface area contributed by atoms with E-state index in [1.54, 1.807) is 19.2 Å². The molecule has 0 aliphatic heterocycles. The lowest BCUT2D eigenvalue weighted by molar-refractivity contribution is -0.136. The molecule has 0 fully saturated rings. The molecule has 0 heterocycles. The number of ether oxygens (including phenoxy) is 1. The molecule has 1 atom stereocenters. The SMILES string of the molecule is CCCNC(CCC(F)(F)F)c1ccc(OC)cc1. The second-order valence-corrected chi connectivity index (χ2v) is 4.43. The van der Waals surface area contributed by atoms with Crippen molar-refractivity contribution in [3.05, 3.63) is 29.8 Å². The van der Waals surface area contributed by atoms with Gasteiger partial charge in [-0.3, -0.25) is 0 Å². The zero-order valence-electron chi connectivity index (χ0n) is 11.3. The second kappa shape index (κ2) is 7.38. The predicted molar refractivity (Wildman–Crippen MR) is 69.3 cm³/mol. The van der Waals surface area contributed by atoms with Gasteiger partial charge in [0.25, 0.3) is 0 Å². The van der Waals surface area contributed by atoms with Gasteiger partial charge in [0.2, 0.25) is 0 Å². The highest BCUT2D eigenvalue weighted by Crippen LogP contribution is 2.28. The van der Waals surface area contributed by atoms with E-state index in [-0.39, 0.29) is 12.5 Å². The second-order valence-electron chi connectivity index (χ2n) is 4.43. The van der Waals surface area contributed by atoms with Crippen LogP contribution in [0.15, 0.2) is 24.3 Å². The van der Waals surface area contributed by atoms with Crippen molar-refractivity contribution < 1.29 is 17.9 Å². The van der Waals surface area contributed by atoms with Crippen LogP contribution in [0.2, 0.25) is 0 Å². The molecular weight excluding hydrogens is 255 g/mol. The summed E-state index contributed by atoms with van der Waals surface area (Å²) in [4.78, 5) is 0. The maximum Gasteiger partial charge on any atom is 0.389 e. The molecule has 0 aliphatic rings. The number of hydrogen-bond donors (Lipinski definition) is 1. The smallest absolute Gasteiger partial charge is 0.389 e. The Hall–Kier alpha value is -1.23. The van der Waals surface area contributed by atoms with E-state index in [1.807, 2.05) is 19.1 Å². The maximum absolute atomic E-state index is 12.3. The first-order valence-corrected chi connectivity index (χ1v) is 6.40. The van der Waals surface area contributed by atoms with Crippen LogP contribution in [0.4, 0.5) is 13.2 Å². The van der Waals surface area contributed by atoms with Crippen LogP contribution in [-0.2, 0) is 0 Å². The van der Waals surface area contributed by atoms with Gasteiger partial charge in [0.05, 0.1) is 7.11 Å². The Bertz CT molecular complexity index is 362. The number of alkyl halides is 3. The molecule has 1 rings (SSSR count). The van der Waals surface area contributed by atoms with E-state index in [4.69, 9.17) is 4.74 Å². The van der Waals surface area contributed by atoms with Crippen LogP contribution in [-0.4, -0.2) is 19.8 Å². The molecule has 0 amide bonds. The fourth-order valence-electron chi connectivity index (χ4n) is 1.85. The summed E-state index contributed by atoms with van der Waals surface area (Å²) in [5.74, 6) is 0.703. The van der Waals surface area contributed by atoms with Gasteiger partial charge >= 0.3 is 6.18 Å². The lowest BCUT2D eigenvalue weighted by Gasteiger charge is -2.20. The van der Waals surface area contributed by atoms with Crippen LogP contribution >= 0.6 is 0 Å². The predicted octanol–water partition coefficient (Wildman–Crippen LogP) is 4.08. The molecule has 0 aliphatic carbocycles. The summed E-state index contributed by atoms with van der Waals surface area (Å²) >= 11 is 0. The van der Waals surface area contributed by atoms with Crippen molar-refractivity contribution in [3.8, 4) is 5.75 Å². The van der Waals surface area contributed by atoms with Crippen molar-refractivity contribution in [1.82, 2.24) is 5.32 Å². The number of benzene rings is 1. The highest BCUT2D eigenvalue weighted by atomic mass is 19.4. The van der Waals surface area contributed by atoms with Crippen LogP contribution in [0, 0.1) is 0 Å². The van der Waals surface area contributed by atoms with Crippen molar-refractivity contribution in [3.63, 3.8) is 0 Å². The molecule has 0 saturated heterocycles. The van der Waals surface area contributed by atoms with Gasteiger partial charge in [0, 0.05) is 12.5 Å². The molecule has 5 heteroatoms. The summed E-state index contributed by atoms with van der Waals surface area (Å²) in [7, 11) is 1.56. The summed E-state index contributed by atoms with van der Waals surface area (Å²) in [5, 5.41) is 3.15. The average Bonchev–Trinajstić information content (AvgIpc) is 2.38. The van der Waals surface area contributed by atoms with E-state index in [2.05, 4.69) is 5.32 Å². The molecule has 1 aromatic rings. The Kier molecular flexibility index (Phi) is 6.15. The number of rotatable bonds is 7. The van der Waals surface area contributed by atoms with E-state index in [1.165, 1.54) is 0 Å². The maximum atomic E-state index is 12.3. The van der Waals surface area contributed by atoms with Crippen LogP contribution in [0.25, 0.3) is 0 Å². The summed E-state index contributed by atoms with van der Waals surface area (Å²) in [6.45, 7) is 2.69. The van der Waals surface area contributed by atoms with Gasteiger partial charge in [-0.1, -0.05) is 19.1 Å².